The molecule has 0 spiro atoms. The van der Waals surface area contributed by atoms with Gasteiger partial charge in [-0.15, -0.1) is 0 Å². The number of ether oxygens (including phenoxy) is 1. The van der Waals surface area contributed by atoms with Crippen LogP contribution in [0.5, 0.6) is 0 Å². The van der Waals surface area contributed by atoms with Gasteiger partial charge in [0.15, 0.2) is 0 Å². The lowest BCUT2D eigenvalue weighted by Gasteiger charge is -2.37. The average Bonchev–Trinajstić information content (AvgIpc) is 2.80. The van der Waals surface area contributed by atoms with Crippen LogP contribution in [-0.4, -0.2) is 43.3 Å². The van der Waals surface area contributed by atoms with Gasteiger partial charge in [-0.1, -0.05) is 13.3 Å². The van der Waals surface area contributed by atoms with Gasteiger partial charge in [0.2, 0.25) is 0 Å². The maximum absolute atomic E-state index is 9.24. The first-order chi connectivity index (χ1) is 9.09. The number of nitrogens with two attached hydrogens (primary N) is 1. The van der Waals surface area contributed by atoms with Crippen molar-refractivity contribution in [3.05, 3.63) is 0 Å². The zero-order valence-electron chi connectivity index (χ0n) is 12.3. The largest absolute Gasteiger partial charge is 0.380 e. The van der Waals surface area contributed by atoms with E-state index >= 15 is 0 Å². The molecule has 1 saturated carbocycles. The summed E-state index contributed by atoms with van der Waals surface area (Å²) in [6, 6.07) is 2.34. The molecule has 2 rings (SSSR count). The first-order valence-electron chi connectivity index (χ1n) is 7.54. The molecule has 2 fully saturated rings. The number of likely N-dealkylation sites (tertiary alicyclic amines) is 1. The summed E-state index contributed by atoms with van der Waals surface area (Å²) in [5, 5.41) is 9.24. The highest BCUT2D eigenvalue weighted by Gasteiger charge is 2.39. The van der Waals surface area contributed by atoms with Crippen LogP contribution in [0.2, 0.25) is 0 Å². The van der Waals surface area contributed by atoms with Crippen molar-refractivity contribution in [1.82, 2.24) is 4.90 Å². The fourth-order valence-electron chi connectivity index (χ4n) is 3.60. The van der Waals surface area contributed by atoms with E-state index in [1.54, 1.807) is 0 Å². The zero-order valence-corrected chi connectivity index (χ0v) is 12.3. The van der Waals surface area contributed by atoms with Gasteiger partial charge in [0.25, 0.3) is 0 Å². The van der Waals surface area contributed by atoms with Gasteiger partial charge in [-0.3, -0.25) is 0 Å². The Labute approximate surface area is 116 Å². The minimum Gasteiger partial charge on any atom is -0.380 e. The summed E-state index contributed by atoms with van der Waals surface area (Å²) >= 11 is 0. The van der Waals surface area contributed by atoms with E-state index in [-0.39, 0.29) is 0 Å². The SMILES string of the molecule is COC1CN(CCC2CCCC2(N)C#N)CCC1C. The van der Waals surface area contributed by atoms with Gasteiger partial charge in [0.1, 0.15) is 5.54 Å². The van der Waals surface area contributed by atoms with Crippen molar-refractivity contribution in [2.75, 3.05) is 26.7 Å². The molecule has 1 aliphatic carbocycles. The van der Waals surface area contributed by atoms with Crippen molar-refractivity contribution in [3.8, 4) is 6.07 Å². The lowest BCUT2D eigenvalue weighted by Crippen LogP contribution is -2.46. The van der Waals surface area contributed by atoms with Crippen LogP contribution >= 0.6 is 0 Å². The summed E-state index contributed by atoms with van der Waals surface area (Å²) in [6.45, 7) is 5.49. The number of methoxy groups -OCH3 is 1. The third-order valence-electron chi connectivity index (χ3n) is 5.15. The van der Waals surface area contributed by atoms with Crippen molar-refractivity contribution in [3.63, 3.8) is 0 Å². The molecule has 0 radical (unpaired) electrons. The summed E-state index contributed by atoms with van der Waals surface area (Å²) in [6.07, 6.45) is 5.70. The molecule has 0 aromatic carbocycles. The van der Waals surface area contributed by atoms with E-state index in [9.17, 15) is 5.26 Å². The lowest BCUT2D eigenvalue weighted by atomic mass is 9.86. The fraction of sp³-hybridized carbons (Fsp3) is 0.933. The lowest BCUT2D eigenvalue weighted by molar-refractivity contribution is -0.00660. The third-order valence-corrected chi connectivity index (χ3v) is 5.15. The number of nitrogens with zero attached hydrogens (tertiary/aromatic N) is 2. The van der Waals surface area contributed by atoms with Gasteiger partial charge in [-0.25, -0.2) is 0 Å². The molecule has 1 heterocycles. The van der Waals surface area contributed by atoms with Gasteiger partial charge in [0, 0.05) is 13.7 Å². The maximum Gasteiger partial charge on any atom is 0.107 e. The average molecular weight is 265 g/mol. The van der Waals surface area contributed by atoms with E-state index < -0.39 is 5.54 Å². The highest BCUT2D eigenvalue weighted by molar-refractivity contribution is 5.12. The Kier molecular flexibility index (Phi) is 4.83. The van der Waals surface area contributed by atoms with E-state index in [0.29, 0.717) is 17.9 Å². The predicted molar refractivity (Wildman–Crippen MR) is 75.5 cm³/mol. The summed E-state index contributed by atoms with van der Waals surface area (Å²) in [7, 11) is 1.81. The molecule has 4 heteroatoms. The monoisotopic (exact) mass is 265 g/mol. The molecule has 4 unspecified atom stereocenters. The van der Waals surface area contributed by atoms with Crippen molar-refractivity contribution in [1.29, 1.82) is 5.26 Å². The number of rotatable bonds is 4. The minimum atomic E-state index is -0.566. The molecule has 0 bridgehead atoms. The van der Waals surface area contributed by atoms with E-state index in [0.717, 1.165) is 45.3 Å². The van der Waals surface area contributed by atoms with Crippen LogP contribution in [0.1, 0.15) is 39.0 Å². The molecular formula is C15H27N3O. The molecular weight excluding hydrogens is 238 g/mol. The third kappa shape index (κ3) is 3.28. The highest BCUT2D eigenvalue weighted by Crippen LogP contribution is 2.35. The van der Waals surface area contributed by atoms with Gasteiger partial charge in [-0.05, 0) is 50.6 Å². The molecule has 1 saturated heterocycles. The van der Waals surface area contributed by atoms with Gasteiger partial charge >= 0.3 is 0 Å². The second-order valence-electron chi connectivity index (χ2n) is 6.37. The first kappa shape index (κ1) is 14.8. The fourth-order valence-corrected chi connectivity index (χ4v) is 3.60. The Morgan fingerprint density at radius 1 is 1.47 bits per heavy atom. The van der Waals surface area contributed by atoms with Crippen LogP contribution in [-0.2, 0) is 4.74 Å². The molecule has 4 nitrogen and oxygen atoms in total. The summed E-state index contributed by atoms with van der Waals surface area (Å²) < 4.78 is 5.55. The van der Waals surface area contributed by atoms with Gasteiger partial charge in [0.05, 0.1) is 12.2 Å². The van der Waals surface area contributed by atoms with Crippen LogP contribution in [0.15, 0.2) is 0 Å². The molecule has 0 aromatic rings. The number of nitriles is 1. The molecule has 19 heavy (non-hydrogen) atoms. The molecule has 0 aromatic heterocycles. The quantitative estimate of drug-likeness (QED) is 0.841. The number of hydrogen-bond donors (Lipinski definition) is 1. The Morgan fingerprint density at radius 3 is 2.95 bits per heavy atom. The van der Waals surface area contributed by atoms with Crippen LogP contribution in [0.25, 0.3) is 0 Å². The Balaban J connectivity index is 1.81. The van der Waals surface area contributed by atoms with E-state index in [2.05, 4.69) is 17.9 Å². The molecule has 0 amide bonds. The number of piperidine rings is 1. The van der Waals surface area contributed by atoms with Crippen molar-refractivity contribution in [2.24, 2.45) is 17.6 Å². The maximum atomic E-state index is 9.24. The zero-order chi connectivity index (χ0) is 13.9. The molecule has 1 aliphatic heterocycles. The highest BCUT2D eigenvalue weighted by atomic mass is 16.5. The predicted octanol–water partition coefficient (Wildman–Crippen LogP) is 1.75. The molecule has 4 atom stereocenters. The summed E-state index contributed by atoms with van der Waals surface area (Å²) in [4.78, 5) is 2.48. The summed E-state index contributed by atoms with van der Waals surface area (Å²) in [5.41, 5.74) is 5.62. The smallest absolute Gasteiger partial charge is 0.107 e. The van der Waals surface area contributed by atoms with E-state index in [4.69, 9.17) is 10.5 Å². The Bertz CT molecular complexity index is 341. The van der Waals surface area contributed by atoms with E-state index in [1.165, 1.54) is 6.42 Å². The van der Waals surface area contributed by atoms with Crippen LogP contribution in [0.4, 0.5) is 0 Å². The van der Waals surface area contributed by atoms with Gasteiger partial charge < -0.3 is 15.4 Å². The normalized spacial score (nSPS) is 40.2. The summed E-state index contributed by atoms with van der Waals surface area (Å²) in [5.74, 6) is 1.03. The van der Waals surface area contributed by atoms with Crippen LogP contribution in [0, 0.1) is 23.2 Å². The Morgan fingerprint density at radius 2 is 2.26 bits per heavy atom. The standard InChI is InChI=1S/C15H27N3O/c1-12-5-8-18(10-14(12)19-2)9-6-13-4-3-7-15(13,17)11-16/h12-14H,3-10,17H2,1-2H3. The second kappa shape index (κ2) is 6.21. The van der Waals surface area contributed by atoms with Crippen LogP contribution in [0.3, 0.4) is 0 Å². The van der Waals surface area contributed by atoms with E-state index in [1.807, 2.05) is 7.11 Å². The van der Waals surface area contributed by atoms with Crippen molar-refractivity contribution in [2.45, 2.75) is 50.7 Å². The second-order valence-corrected chi connectivity index (χ2v) is 6.37. The van der Waals surface area contributed by atoms with Crippen molar-refractivity contribution < 1.29 is 4.74 Å². The van der Waals surface area contributed by atoms with Gasteiger partial charge in [-0.2, -0.15) is 5.26 Å². The Hall–Kier alpha value is -0.630. The minimum absolute atomic E-state index is 0.357. The van der Waals surface area contributed by atoms with Crippen molar-refractivity contribution >= 4 is 0 Å². The topological polar surface area (TPSA) is 62.3 Å². The number of hydrogen-bond acceptors (Lipinski definition) is 4. The molecule has 2 aliphatic rings. The molecule has 108 valence electrons. The van der Waals surface area contributed by atoms with Crippen LogP contribution < -0.4 is 5.73 Å². The first-order valence-corrected chi connectivity index (χ1v) is 7.54. The molecule has 2 N–H and O–H groups in total.